The molecule has 3 heteroatoms. The predicted molar refractivity (Wildman–Crippen MR) is 51.6 cm³/mol. The smallest absolute Gasteiger partial charge is 0.308 e. The van der Waals surface area contributed by atoms with Gasteiger partial charge in [-0.25, -0.2) is 0 Å². The summed E-state index contributed by atoms with van der Waals surface area (Å²) in [6.45, 7) is 3.67. The van der Waals surface area contributed by atoms with Gasteiger partial charge in [0.25, 0.3) is 0 Å². The van der Waals surface area contributed by atoms with E-state index in [0.717, 1.165) is 25.7 Å². The molecule has 78 valence electrons. The molecule has 0 saturated heterocycles. The molecule has 0 aromatic carbocycles. The summed E-state index contributed by atoms with van der Waals surface area (Å²) < 4.78 is 0. The van der Waals surface area contributed by atoms with Crippen LogP contribution in [0.15, 0.2) is 0 Å². The first-order chi connectivity index (χ1) is 6.09. The van der Waals surface area contributed by atoms with Crippen molar-refractivity contribution in [1.29, 1.82) is 0 Å². The first-order valence-corrected chi connectivity index (χ1v) is 5.00. The average molecular weight is 188 g/mol. The zero-order valence-electron chi connectivity index (χ0n) is 8.49. The van der Waals surface area contributed by atoms with Gasteiger partial charge in [0.05, 0.1) is 12.0 Å². The molecule has 0 aromatic heterocycles. The number of aliphatic carboxylic acids is 1. The van der Waals surface area contributed by atoms with Gasteiger partial charge >= 0.3 is 5.97 Å². The minimum Gasteiger partial charge on any atom is -0.481 e. The minimum atomic E-state index is -0.914. The second-order valence-corrected chi connectivity index (χ2v) is 3.54. The van der Waals surface area contributed by atoms with Gasteiger partial charge in [0, 0.05) is 0 Å². The Morgan fingerprint density at radius 2 is 1.92 bits per heavy atom. The van der Waals surface area contributed by atoms with Gasteiger partial charge in [-0.2, -0.15) is 0 Å². The number of hydrogen-bond donors (Lipinski definition) is 2. The second kappa shape index (κ2) is 6.89. The number of aliphatic hydroxyl groups is 1. The number of hydrogen-bond acceptors (Lipinski definition) is 2. The summed E-state index contributed by atoms with van der Waals surface area (Å²) in [5.41, 5.74) is 0. The summed E-state index contributed by atoms with van der Waals surface area (Å²) in [7, 11) is 0. The maximum Gasteiger partial charge on any atom is 0.308 e. The highest BCUT2D eigenvalue weighted by Gasteiger charge is 2.20. The number of rotatable bonds is 7. The molecule has 0 aliphatic heterocycles. The van der Waals surface area contributed by atoms with Crippen molar-refractivity contribution >= 4 is 5.97 Å². The molecular weight excluding hydrogens is 168 g/mol. The molecule has 0 saturated carbocycles. The van der Waals surface area contributed by atoms with E-state index in [1.54, 1.807) is 6.92 Å². The van der Waals surface area contributed by atoms with Crippen LogP contribution in [-0.4, -0.2) is 22.3 Å². The van der Waals surface area contributed by atoms with E-state index in [2.05, 4.69) is 6.92 Å². The van der Waals surface area contributed by atoms with Crippen molar-refractivity contribution in [3.63, 3.8) is 0 Å². The van der Waals surface area contributed by atoms with Crippen LogP contribution >= 0.6 is 0 Å². The van der Waals surface area contributed by atoms with Crippen molar-refractivity contribution in [2.75, 3.05) is 0 Å². The van der Waals surface area contributed by atoms with Gasteiger partial charge in [-0.1, -0.05) is 32.6 Å². The Morgan fingerprint density at radius 3 is 2.38 bits per heavy atom. The molecule has 0 heterocycles. The van der Waals surface area contributed by atoms with Gasteiger partial charge < -0.3 is 10.2 Å². The van der Waals surface area contributed by atoms with Crippen LogP contribution in [0.3, 0.4) is 0 Å². The van der Waals surface area contributed by atoms with Gasteiger partial charge in [0.2, 0.25) is 0 Å². The Labute approximate surface area is 79.8 Å². The van der Waals surface area contributed by atoms with Gasteiger partial charge in [0.1, 0.15) is 0 Å². The van der Waals surface area contributed by atoms with E-state index in [1.807, 2.05) is 0 Å². The summed E-state index contributed by atoms with van der Waals surface area (Å²) in [5, 5.41) is 18.0. The molecule has 0 aliphatic rings. The van der Waals surface area contributed by atoms with E-state index in [9.17, 15) is 9.90 Å². The van der Waals surface area contributed by atoms with E-state index in [1.165, 1.54) is 0 Å². The number of carbonyl (C=O) groups is 1. The lowest BCUT2D eigenvalue weighted by Crippen LogP contribution is -2.25. The molecule has 0 spiro atoms. The van der Waals surface area contributed by atoms with E-state index in [4.69, 9.17) is 5.11 Å². The average Bonchev–Trinajstić information content (AvgIpc) is 2.10. The highest BCUT2D eigenvalue weighted by molar-refractivity contribution is 5.70. The molecule has 2 N–H and O–H groups in total. The largest absolute Gasteiger partial charge is 0.481 e. The summed E-state index contributed by atoms with van der Waals surface area (Å²) in [6, 6.07) is 0. The quantitative estimate of drug-likeness (QED) is 0.601. The van der Waals surface area contributed by atoms with Crippen molar-refractivity contribution in [1.82, 2.24) is 0 Å². The lowest BCUT2D eigenvalue weighted by molar-refractivity contribution is -0.144. The fourth-order valence-corrected chi connectivity index (χ4v) is 1.19. The van der Waals surface area contributed by atoms with Crippen molar-refractivity contribution in [3.05, 3.63) is 0 Å². The fraction of sp³-hybridized carbons (Fsp3) is 0.900. The topological polar surface area (TPSA) is 57.5 Å². The van der Waals surface area contributed by atoms with Crippen molar-refractivity contribution in [3.8, 4) is 0 Å². The zero-order chi connectivity index (χ0) is 10.3. The van der Waals surface area contributed by atoms with Crippen molar-refractivity contribution in [2.45, 2.75) is 52.1 Å². The molecule has 13 heavy (non-hydrogen) atoms. The SMILES string of the molecule is CCCCCCC(O)C(C)C(=O)O. The first-order valence-electron chi connectivity index (χ1n) is 5.00. The van der Waals surface area contributed by atoms with Crippen LogP contribution in [0.25, 0.3) is 0 Å². The van der Waals surface area contributed by atoms with E-state index >= 15 is 0 Å². The Hall–Kier alpha value is -0.570. The van der Waals surface area contributed by atoms with E-state index in [-0.39, 0.29) is 0 Å². The zero-order valence-corrected chi connectivity index (χ0v) is 8.49. The Bertz CT molecular complexity index is 145. The van der Waals surface area contributed by atoms with Crippen LogP contribution in [0.4, 0.5) is 0 Å². The molecule has 0 rings (SSSR count). The number of carboxylic acids is 1. The third-order valence-electron chi connectivity index (χ3n) is 2.32. The fourth-order valence-electron chi connectivity index (χ4n) is 1.19. The maximum atomic E-state index is 10.5. The molecule has 0 aliphatic carbocycles. The summed E-state index contributed by atoms with van der Waals surface area (Å²) in [4.78, 5) is 10.5. The number of aliphatic hydroxyl groups excluding tert-OH is 1. The molecular formula is C10H20O3. The van der Waals surface area contributed by atoms with Gasteiger partial charge in [0.15, 0.2) is 0 Å². The first kappa shape index (κ1) is 12.4. The second-order valence-electron chi connectivity index (χ2n) is 3.54. The Morgan fingerprint density at radius 1 is 1.31 bits per heavy atom. The van der Waals surface area contributed by atoms with E-state index in [0.29, 0.717) is 6.42 Å². The van der Waals surface area contributed by atoms with Crippen LogP contribution in [0.5, 0.6) is 0 Å². The number of unbranched alkanes of at least 4 members (excludes halogenated alkanes) is 3. The predicted octanol–water partition coefficient (Wildman–Crippen LogP) is 2.04. The van der Waals surface area contributed by atoms with Crippen molar-refractivity contribution in [2.24, 2.45) is 5.92 Å². The third-order valence-corrected chi connectivity index (χ3v) is 2.32. The Kier molecular flexibility index (Phi) is 6.59. The van der Waals surface area contributed by atoms with Crippen LogP contribution in [-0.2, 0) is 4.79 Å². The van der Waals surface area contributed by atoms with Crippen LogP contribution in [0, 0.1) is 5.92 Å². The normalized spacial score (nSPS) is 15.3. The van der Waals surface area contributed by atoms with Gasteiger partial charge in [-0.05, 0) is 13.3 Å². The van der Waals surface area contributed by atoms with Crippen LogP contribution in [0.1, 0.15) is 46.0 Å². The highest BCUT2D eigenvalue weighted by atomic mass is 16.4. The highest BCUT2D eigenvalue weighted by Crippen LogP contribution is 2.12. The molecule has 0 radical (unpaired) electrons. The molecule has 2 atom stereocenters. The third kappa shape index (κ3) is 5.64. The van der Waals surface area contributed by atoms with Crippen LogP contribution in [0.2, 0.25) is 0 Å². The molecule has 0 aromatic rings. The summed E-state index contributed by atoms with van der Waals surface area (Å²) in [6.07, 6.45) is 4.24. The molecule has 2 unspecified atom stereocenters. The molecule has 0 bridgehead atoms. The van der Waals surface area contributed by atoms with Crippen molar-refractivity contribution < 1.29 is 15.0 Å². The van der Waals surface area contributed by atoms with E-state index < -0.39 is 18.0 Å². The van der Waals surface area contributed by atoms with Gasteiger partial charge in [-0.15, -0.1) is 0 Å². The lowest BCUT2D eigenvalue weighted by Gasteiger charge is -2.14. The molecule has 3 nitrogen and oxygen atoms in total. The Balaban J connectivity index is 3.50. The molecule has 0 fully saturated rings. The summed E-state index contributed by atoms with van der Waals surface area (Å²) >= 11 is 0. The van der Waals surface area contributed by atoms with Gasteiger partial charge in [-0.3, -0.25) is 4.79 Å². The molecule has 0 amide bonds. The minimum absolute atomic E-state index is 0.605. The monoisotopic (exact) mass is 188 g/mol. The van der Waals surface area contributed by atoms with Crippen LogP contribution < -0.4 is 0 Å². The lowest BCUT2D eigenvalue weighted by atomic mass is 9.99. The number of carboxylic acid groups (broad SMARTS) is 1. The maximum absolute atomic E-state index is 10.5. The summed E-state index contributed by atoms with van der Waals surface area (Å²) in [5.74, 6) is -1.55. The standard InChI is InChI=1S/C10H20O3/c1-3-4-5-6-7-9(11)8(2)10(12)13/h8-9,11H,3-7H2,1-2H3,(H,12,13).